The Labute approximate surface area is 245 Å². The van der Waals surface area contributed by atoms with Gasteiger partial charge in [0.25, 0.3) is 0 Å². The molecule has 41 heavy (non-hydrogen) atoms. The number of nitrogens with one attached hydrogen (secondary N) is 3. The largest absolute Gasteiger partial charge is 0.480 e. The van der Waals surface area contributed by atoms with Gasteiger partial charge in [0, 0.05) is 13.0 Å². The van der Waals surface area contributed by atoms with Gasteiger partial charge in [0.2, 0.25) is 23.6 Å². The second-order valence-corrected chi connectivity index (χ2v) is 11.6. The van der Waals surface area contributed by atoms with Crippen molar-refractivity contribution in [3.05, 3.63) is 35.9 Å². The van der Waals surface area contributed by atoms with E-state index in [-0.39, 0.29) is 24.7 Å². The lowest BCUT2D eigenvalue weighted by molar-refractivity contribution is -0.143. The number of carboxylic acids is 1. The maximum Gasteiger partial charge on any atom is 0.328 e. The second-order valence-electron chi connectivity index (χ2n) is 10.6. The van der Waals surface area contributed by atoms with Crippen LogP contribution in [0.3, 0.4) is 0 Å². The fourth-order valence-corrected chi connectivity index (χ4v) is 5.16. The average Bonchev–Trinajstić information content (AvgIpc) is 3.43. The van der Waals surface area contributed by atoms with Crippen LogP contribution in [0.1, 0.15) is 45.1 Å². The zero-order valence-corrected chi connectivity index (χ0v) is 24.7. The van der Waals surface area contributed by atoms with Crippen LogP contribution < -0.4 is 21.7 Å². The van der Waals surface area contributed by atoms with E-state index in [9.17, 15) is 34.2 Å². The van der Waals surface area contributed by atoms with E-state index in [0.717, 1.165) is 0 Å². The lowest BCUT2D eigenvalue weighted by atomic mass is 10.0. The number of amides is 4. The number of benzene rings is 1. The van der Waals surface area contributed by atoms with Gasteiger partial charge >= 0.3 is 5.97 Å². The summed E-state index contributed by atoms with van der Waals surface area (Å²) in [7, 11) is 0. The first-order valence-corrected chi connectivity index (χ1v) is 15.2. The smallest absolute Gasteiger partial charge is 0.328 e. The highest BCUT2D eigenvalue weighted by molar-refractivity contribution is 7.98. The van der Waals surface area contributed by atoms with Gasteiger partial charge in [0.05, 0.1) is 12.6 Å². The number of aliphatic hydroxyl groups excluding tert-OH is 1. The van der Waals surface area contributed by atoms with Crippen molar-refractivity contribution in [3.63, 3.8) is 0 Å². The summed E-state index contributed by atoms with van der Waals surface area (Å²) in [5, 5.41) is 26.3. The number of nitrogens with zero attached hydrogens (tertiary/aromatic N) is 1. The predicted octanol–water partition coefficient (Wildman–Crippen LogP) is -0.122. The monoisotopic (exact) mass is 593 g/mol. The first kappa shape index (κ1) is 34.0. The number of likely N-dealkylation sites (tertiary alicyclic amines) is 1. The minimum Gasteiger partial charge on any atom is -0.480 e. The number of thioether (sulfide) groups is 1. The quantitative estimate of drug-likeness (QED) is 0.152. The summed E-state index contributed by atoms with van der Waals surface area (Å²) in [4.78, 5) is 65.7. The minimum atomic E-state index is -1.54. The molecular weight excluding hydrogens is 550 g/mol. The predicted molar refractivity (Wildman–Crippen MR) is 156 cm³/mol. The molecule has 5 atom stereocenters. The first-order valence-electron chi connectivity index (χ1n) is 13.8. The Morgan fingerprint density at radius 3 is 2.24 bits per heavy atom. The van der Waals surface area contributed by atoms with Gasteiger partial charge in [-0.05, 0) is 49.2 Å². The summed E-state index contributed by atoms with van der Waals surface area (Å²) in [6.45, 7) is 3.51. The zero-order valence-electron chi connectivity index (χ0n) is 23.9. The van der Waals surface area contributed by atoms with E-state index in [1.807, 2.05) is 20.1 Å². The van der Waals surface area contributed by atoms with Crippen molar-refractivity contribution >= 4 is 41.4 Å². The van der Waals surface area contributed by atoms with Gasteiger partial charge in [-0.25, -0.2) is 4.79 Å². The fraction of sp³-hybridized carbons (Fsp3) is 0.607. The molecule has 1 aliphatic rings. The third-order valence-electron chi connectivity index (χ3n) is 6.84. The Morgan fingerprint density at radius 1 is 1.02 bits per heavy atom. The molecule has 1 aromatic carbocycles. The van der Waals surface area contributed by atoms with Gasteiger partial charge in [-0.3, -0.25) is 19.2 Å². The number of aliphatic hydroxyl groups is 1. The zero-order chi connectivity index (χ0) is 30.5. The number of carbonyl (C=O) groups excluding carboxylic acids is 4. The Morgan fingerprint density at radius 2 is 1.66 bits per heavy atom. The van der Waals surface area contributed by atoms with Crippen LogP contribution in [0.25, 0.3) is 0 Å². The van der Waals surface area contributed by atoms with Gasteiger partial charge in [-0.1, -0.05) is 44.2 Å². The highest BCUT2D eigenvalue weighted by Gasteiger charge is 2.38. The Bertz CT molecular complexity index is 1040. The average molecular weight is 594 g/mol. The molecule has 0 unspecified atom stereocenters. The molecule has 13 heteroatoms. The molecule has 0 saturated carbocycles. The second kappa shape index (κ2) is 16.9. The van der Waals surface area contributed by atoms with Gasteiger partial charge < -0.3 is 36.8 Å². The normalized spacial score (nSPS) is 17.8. The molecule has 1 aromatic rings. The van der Waals surface area contributed by atoms with E-state index in [2.05, 4.69) is 16.0 Å². The van der Waals surface area contributed by atoms with E-state index in [0.29, 0.717) is 37.1 Å². The van der Waals surface area contributed by atoms with Crippen molar-refractivity contribution in [2.45, 2.75) is 76.2 Å². The summed E-state index contributed by atoms with van der Waals surface area (Å²) in [6.07, 6.45) is 3.75. The number of hydrogen-bond donors (Lipinski definition) is 6. The molecule has 7 N–H and O–H groups in total. The van der Waals surface area contributed by atoms with Crippen LogP contribution in [0.15, 0.2) is 30.3 Å². The Kier molecular flexibility index (Phi) is 14.1. The van der Waals surface area contributed by atoms with E-state index < -0.39 is 60.5 Å². The third-order valence-corrected chi connectivity index (χ3v) is 7.48. The van der Waals surface area contributed by atoms with Gasteiger partial charge in [-0.2, -0.15) is 11.8 Å². The topological polar surface area (TPSA) is 191 Å². The number of aliphatic carboxylic acids is 1. The number of carboxylic acid groups (broad SMARTS) is 1. The molecule has 2 rings (SSSR count). The highest BCUT2D eigenvalue weighted by atomic mass is 32.2. The van der Waals surface area contributed by atoms with E-state index in [1.165, 1.54) is 16.7 Å². The number of nitrogens with two attached hydrogens (primary N) is 1. The van der Waals surface area contributed by atoms with Crippen LogP contribution >= 0.6 is 11.8 Å². The van der Waals surface area contributed by atoms with Crippen LogP contribution in [0.2, 0.25) is 0 Å². The summed E-state index contributed by atoms with van der Waals surface area (Å²) in [6, 6.07) is 3.65. The van der Waals surface area contributed by atoms with Crippen LogP contribution in [-0.4, -0.2) is 100 Å². The summed E-state index contributed by atoms with van der Waals surface area (Å²) in [5.74, 6) is -2.84. The van der Waals surface area contributed by atoms with Crippen molar-refractivity contribution in [1.29, 1.82) is 0 Å². The van der Waals surface area contributed by atoms with Crippen molar-refractivity contribution in [3.8, 4) is 0 Å². The van der Waals surface area contributed by atoms with Crippen LogP contribution in [0.4, 0.5) is 0 Å². The number of hydrogen-bond acceptors (Lipinski definition) is 8. The summed E-state index contributed by atoms with van der Waals surface area (Å²) in [5.41, 5.74) is 6.82. The molecule has 4 amide bonds. The molecule has 228 valence electrons. The van der Waals surface area contributed by atoms with E-state index in [4.69, 9.17) is 5.73 Å². The van der Waals surface area contributed by atoms with Crippen LogP contribution in [0, 0.1) is 5.92 Å². The third kappa shape index (κ3) is 10.6. The fourth-order valence-electron chi connectivity index (χ4n) is 4.69. The molecule has 0 aromatic heterocycles. The standard InChI is InChI=1S/C28H43N5O7S/c1-17(2)14-19(29)27(38)33-12-7-10-23(33)26(37)30-20(11-13-41-3)24(35)31-21(15-18-8-5-4-6-9-18)25(36)32-22(16-34)28(39)40/h4-6,8-9,17,19-23,34H,7,10-16,29H2,1-3H3,(H,30,37)(H,31,35)(H,32,36)(H,39,40)/t19-,20-,21-,22-,23-/m0/s1. The van der Waals surface area contributed by atoms with Crippen molar-refractivity contribution in [1.82, 2.24) is 20.9 Å². The molecular formula is C28H43N5O7S. The Balaban J connectivity index is 2.20. The molecule has 0 bridgehead atoms. The molecule has 12 nitrogen and oxygen atoms in total. The molecule has 1 aliphatic heterocycles. The lowest BCUT2D eigenvalue weighted by Gasteiger charge is -2.29. The number of rotatable bonds is 16. The van der Waals surface area contributed by atoms with Crippen molar-refractivity contribution in [2.75, 3.05) is 25.2 Å². The van der Waals surface area contributed by atoms with Gasteiger partial charge in [-0.15, -0.1) is 0 Å². The van der Waals surface area contributed by atoms with E-state index >= 15 is 0 Å². The Hall–Kier alpha value is -3.16. The lowest BCUT2D eigenvalue weighted by Crippen LogP contribution is -2.59. The van der Waals surface area contributed by atoms with Crippen molar-refractivity contribution < 1.29 is 34.2 Å². The van der Waals surface area contributed by atoms with Crippen molar-refractivity contribution in [2.24, 2.45) is 11.7 Å². The molecule has 0 aliphatic carbocycles. The molecule has 1 saturated heterocycles. The molecule has 1 fully saturated rings. The molecule has 0 spiro atoms. The highest BCUT2D eigenvalue weighted by Crippen LogP contribution is 2.20. The van der Waals surface area contributed by atoms with Gasteiger partial charge in [0.1, 0.15) is 24.2 Å². The number of carbonyl (C=O) groups is 5. The molecule has 0 radical (unpaired) electrons. The maximum absolute atomic E-state index is 13.5. The maximum atomic E-state index is 13.5. The van der Waals surface area contributed by atoms with Gasteiger partial charge in [0.15, 0.2) is 0 Å². The van der Waals surface area contributed by atoms with Crippen LogP contribution in [-0.2, 0) is 30.4 Å². The summed E-state index contributed by atoms with van der Waals surface area (Å²) >= 11 is 1.48. The van der Waals surface area contributed by atoms with Crippen LogP contribution in [0.5, 0.6) is 0 Å². The molecule has 1 heterocycles. The van der Waals surface area contributed by atoms with E-state index in [1.54, 1.807) is 30.3 Å². The summed E-state index contributed by atoms with van der Waals surface area (Å²) < 4.78 is 0. The SMILES string of the molecule is CSCC[C@H](NC(=O)[C@@H]1CCCN1C(=O)[C@@H](N)CC(C)C)C(=O)N[C@@H](Cc1ccccc1)C(=O)N[C@@H](CO)C(=O)O. The minimum absolute atomic E-state index is 0.0536. The first-order chi connectivity index (χ1) is 19.5.